The molecule has 2 amide bonds. The molecule has 198 valence electrons. The lowest BCUT2D eigenvalue weighted by Crippen LogP contribution is -2.53. The molecule has 0 saturated heterocycles. The van der Waals surface area contributed by atoms with E-state index in [4.69, 9.17) is 11.1 Å². The summed E-state index contributed by atoms with van der Waals surface area (Å²) in [5.74, 6) is -1.91. The summed E-state index contributed by atoms with van der Waals surface area (Å²) in [7, 11) is -4.34. The third-order valence-corrected chi connectivity index (χ3v) is 6.83. The van der Waals surface area contributed by atoms with E-state index < -0.39 is 49.8 Å². The van der Waals surface area contributed by atoms with Gasteiger partial charge in [0.15, 0.2) is 5.96 Å². The number of sulfone groups is 1. The van der Waals surface area contributed by atoms with Gasteiger partial charge in [0, 0.05) is 22.4 Å². The number of nitrogens with one attached hydrogen (secondary N) is 4. The molecule has 36 heavy (non-hydrogen) atoms. The molecule has 0 aliphatic rings. The molecule has 0 aliphatic carbocycles. The number of benzene rings is 1. The van der Waals surface area contributed by atoms with E-state index >= 15 is 0 Å². The van der Waals surface area contributed by atoms with Gasteiger partial charge in [0.1, 0.15) is 12.1 Å². The highest BCUT2D eigenvalue weighted by Crippen LogP contribution is 2.17. The molecule has 0 spiro atoms. The van der Waals surface area contributed by atoms with Gasteiger partial charge in [-0.1, -0.05) is 36.9 Å². The molecule has 0 radical (unpaired) electrons. The van der Waals surface area contributed by atoms with Crippen molar-refractivity contribution in [3.8, 4) is 0 Å². The fraction of sp³-hybridized carbons (Fsp3) is 0.429. The van der Waals surface area contributed by atoms with E-state index in [0.29, 0.717) is 11.2 Å². The molecule has 1 unspecified atom stereocenters. The van der Waals surface area contributed by atoms with Gasteiger partial charge < -0.3 is 21.7 Å². The van der Waals surface area contributed by atoms with Gasteiger partial charge >= 0.3 is 6.04 Å². The Labute approximate surface area is 213 Å². The van der Waals surface area contributed by atoms with Gasteiger partial charge in [0.05, 0.1) is 0 Å². The Morgan fingerprint density at radius 1 is 1.17 bits per heavy atom. The van der Waals surface area contributed by atoms with Gasteiger partial charge in [0.25, 0.3) is 11.0 Å². The Balaban J connectivity index is 3.17. The van der Waals surface area contributed by atoms with Gasteiger partial charge in [-0.2, -0.15) is 11.8 Å². The van der Waals surface area contributed by atoms with Crippen LogP contribution in [0.1, 0.15) is 30.9 Å². The normalized spacial score (nSPS) is 13.5. The van der Waals surface area contributed by atoms with Crippen molar-refractivity contribution in [2.24, 2.45) is 5.73 Å². The SMILES string of the molecule is C=CS(=O)(=O)C(=O)[C@H](CCSC)NC(=O)[C@H](CCCNC(=N)N)NC(=O)C(c1ccccc1)[N+](=O)[O-]. The molecule has 6 N–H and O–H groups in total. The van der Waals surface area contributed by atoms with Crippen LogP contribution in [0.5, 0.6) is 0 Å². The predicted octanol–water partition coefficient (Wildman–Crippen LogP) is 0.0753. The summed E-state index contributed by atoms with van der Waals surface area (Å²) in [5.41, 5.74) is 5.33. The van der Waals surface area contributed by atoms with Gasteiger partial charge in [0.2, 0.25) is 15.7 Å². The number of amides is 2. The minimum absolute atomic E-state index is 0.00704. The van der Waals surface area contributed by atoms with Crippen LogP contribution in [0.3, 0.4) is 0 Å². The second kappa shape index (κ2) is 14.8. The third kappa shape index (κ3) is 9.65. The van der Waals surface area contributed by atoms with Gasteiger partial charge in [-0.15, -0.1) is 0 Å². The molecule has 0 aliphatic heterocycles. The number of rotatable bonds is 15. The fourth-order valence-electron chi connectivity index (χ4n) is 3.09. The van der Waals surface area contributed by atoms with Crippen molar-refractivity contribution in [1.82, 2.24) is 16.0 Å². The zero-order chi connectivity index (χ0) is 27.3. The number of hydrogen-bond acceptors (Lipinski definition) is 9. The Kier molecular flexibility index (Phi) is 12.6. The largest absolute Gasteiger partial charge is 0.370 e. The summed E-state index contributed by atoms with van der Waals surface area (Å²) in [4.78, 5) is 49.3. The van der Waals surface area contributed by atoms with Crippen molar-refractivity contribution in [2.45, 2.75) is 37.4 Å². The lowest BCUT2D eigenvalue weighted by Gasteiger charge is -2.23. The summed E-state index contributed by atoms with van der Waals surface area (Å²) in [6.45, 7) is 3.28. The van der Waals surface area contributed by atoms with Crippen molar-refractivity contribution in [2.75, 3.05) is 18.6 Å². The molecule has 0 saturated carbocycles. The third-order valence-electron chi connectivity index (χ3n) is 4.90. The summed E-state index contributed by atoms with van der Waals surface area (Å²) >= 11 is 1.33. The number of carbonyl (C=O) groups is 3. The van der Waals surface area contributed by atoms with Crippen molar-refractivity contribution < 1.29 is 27.7 Å². The van der Waals surface area contributed by atoms with Crippen molar-refractivity contribution in [3.05, 3.63) is 58.0 Å². The van der Waals surface area contributed by atoms with E-state index in [0.717, 1.165) is 0 Å². The standard InChI is InChI=1S/C21H30N6O7S2/c1-3-36(33,34)20(30)16(11-13-35-2)26-18(28)15(10-7-12-24-21(22)23)25-19(29)17(27(31)32)14-8-5-4-6-9-14/h3-6,8-9,15-17H,1,7,10-13H2,2H3,(H,25,29)(H,26,28)(H4,22,23,24)/t15-,16-,17?/m0/s1. The van der Waals surface area contributed by atoms with E-state index in [1.54, 1.807) is 12.3 Å². The zero-order valence-electron chi connectivity index (χ0n) is 19.6. The zero-order valence-corrected chi connectivity index (χ0v) is 21.3. The number of guanidine groups is 1. The van der Waals surface area contributed by atoms with Crippen LogP contribution in [0.15, 0.2) is 42.3 Å². The first-order valence-electron chi connectivity index (χ1n) is 10.7. The highest BCUT2D eigenvalue weighted by Gasteiger charge is 2.36. The Morgan fingerprint density at radius 3 is 2.31 bits per heavy atom. The van der Waals surface area contributed by atoms with E-state index in [1.165, 1.54) is 36.0 Å². The first-order valence-corrected chi connectivity index (χ1v) is 13.7. The van der Waals surface area contributed by atoms with E-state index in [1.807, 2.05) is 0 Å². The van der Waals surface area contributed by atoms with Crippen LogP contribution >= 0.6 is 11.8 Å². The van der Waals surface area contributed by atoms with Crippen LogP contribution in [0.2, 0.25) is 0 Å². The van der Waals surface area contributed by atoms with Crippen molar-refractivity contribution >= 4 is 44.5 Å². The number of nitrogens with two attached hydrogens (primary N) is 1. The molecule has 1 aromatic carbocycles. The van der Waals surface area contributed by atoms with Crippen molar-refractivity contribution in [1.29, 1.82) is 5.41 Å². The molecule has 0 fully saturated rings. The van der Waals surface area contributed by atoms with E-state index in [-0.39, 0.29) is 37.3 Å². The van der Waals surface area contributed by atoms with Crippen LogP contribution in [0, 0.1) is 15.5 Å². The minimum Gasteiger partial charge on any atom is -0.370 e. The lowest BCUT2D eigenvalue weighted by atomic mass is 10.0. The molecule has 15 heteroatoms. The maximum Gasteiger partial charge on any atom is 0.314 e. The molecule has 0 heterocycles. The number of carbonyl (C=O) groups excluding carboxylic acids is 3. The van der Waals surface area contributed by atoms with Gasteiger partial charge in [-0.25, -0.2) is 8.42 Å². The molecule has 1 rings (SSSR count). The summed E-state index contributed by atoms with van der Waals surface area (Å²) in [5, 5.41) is 25.3. The lowest BCUT2D eigenvalue weighted by molar-refractivity contribution is -0.513. The van der Waals surface area contributed by atoms with Crippen LogP contribution in [0.4, 0.5) is 0 Å². The fourth-order valence-corrected chi connectivity index (χ4v) is 4.30. The summed E-state index contributed by atoms with van der Waals surface area (Å²) in [6, 6.07) is 2.92. The first-order chi connectivity index (χ1) is 16.9. The van der Waals surface area contributed by atoms with Gasteiger partial charge in [-0.05, 0) is 31.3 Å². The number of hydrogen-bond donors (Lipinski definition) is 5. The van der Waals surface area contributed by atoms with Crippen LogP contribution in [0.25, 0.3) is 0 Å². The van der Waals surface area contributed by atoms with Crippen molar-refractivity contribution in [3.63, 3.8) is 0 Å². The topological polar surface area (TPSA) is 214 Å². The second-order valence-corrected chi connectivity index (χ2v) is 10.3. The second-order valence-electron chi connectivity index (χ2n) is 7.52. The highest BCUT2D eigenvalue weighted by molar-refractivity contribution is 8.08. The van der Waals surface area contributed by atoms with E-state index in [2.05, 4.69) is 22.5 Å². The number of thioether (sulfide) groups is 1. The summed E-state index contributed by atoms with van der Waals surface area (Å²) in [6.07, 6.45) is 1.89. The molecule has 0 bridgehead atoms. The number of nitrogens with zero attached hydrogens (tertiary/aromatic N) is 1. The van der Waals surface area contributed by atoms with E-state index in [9.17, 15) is 32.9 Å². The number of nitro groups is 1. The average Bonchev–Trinajstić information content (AvgIpc) is 2.83. The highest BCUT2D eigenvalue weighted by atomic mass is 32.2. The Hall–Kier alpha value is -3.46. The molecule has 1 aromatic rings. The molecular weight excluding hydrogens is 512 g/mol. The van der Waals surface area contributed by atoms with Gasteiger partial charge in [-0.3, -0.25) is 29.9 Å². The van der Waals surface area contributed by atoms with Crippen LogP contribution < -0.4 is 21.7 Å². The molecule has 13 nitrogen and oxygen atoms in total. The maximum absolute atomic E-state index is 13.1. The predicted molar refractivity (Wildman–Crippen MR) is 136 cm³/mol. The Bertz CT molecular complexity index is 1070. The smallest absolute Gasteiger partial charge is 0.314 e. The molecular formula is C21H30N6O7S2. The monoisotopic (exact) mass is 542 g/mol. The van der Waals surface area contributed by atoms with Crippen LogP contribution in [-0.4, -0.2) is 66.9 Å². The minimum atomic E-state index is -4.34. The summed E-state index contributed by atoms with van der Waals surface area (Å²) < 4.78 is 24.0. The quantitative estimate of drug-likeness (QED) is 0.0661. The molecule has 3 atom stereocenters. The van der Waals surface area contributed by atoms with Crippen LogP contribution in [-0.2, 0) is 24.2 Å². The first kappa shape index (κ1) is 30.6. The average molecular weight is 543 g/mol. The Morgan fingerprint density at radius 2 is 1.78 bits per heavy atom. The molecule has 0 aromatic heterocycles. The maximum atomic E-state index is 13.1.